The van der Waals surface area contributed by atoms with E-state index in [9.17, 15) is 9.59 Å². The monoisotopic (exact) mass is 280 g/mol. The second-order valence-electron chi connectivity index (χ2n) is 2.54. The minimum atomic E-state index is -0.223. The lowest BCUT2D eigenvalue weighted by Gasteiger charge is -1.93. The van der Waals surface area contributed by atoms with Gasteiger partial charge in [-0.3, -0.25) is 9.59 Å². The highest BCUT2D eigenvalue weighted by Crippen LogP contribution is 2.32. The summed E-state index contributed by atoms with van der Waals surface area (Å²) in [6, 6.07) is 1.64. The van der Waals surface area contributed by atoms with Crippen LogP contribution in [0.5, 0.6) is 0 Å². The van der Waals surface area contributed by atoms with Gasteiger partial charge in [0.25, 0.3) is 0 Å². The van der Waals surface area contributed by atoms with Crippen LogP contribution in [0.3, 0.4) is 0 Å². The largest absolute Gasteiger partial charge is 0.300 e. The van der Waals surface area contributed by atoms with Gasteiger partial charge in [0, 0.05) is 5.56 Å². The van der Waals surface area contributed by atoms with Gasteiger partial charge >= 0.3 is 0 Å². The summed E-state index contributed by atoms with van der Waals surface area (Å²) in [6.45, 7) is 1.38. The number of Topliss-reactive ketones (excluding diaryl/α,β-unsaturated/α-hetero) is 2. The second-order valence-corrected chi connectivity index (χ2v) is 5.57. The summed E-state index contributed by atoms with van der Waals surface area (Å²) >= 11 is 10.3. The summed E-state index contributed by atoms with van der Waals surface area (Å²) in [4.78, 5) is 22.0. The highest BCUT2D eigenvalue weighted by molar-refractivity contribution is 9.11. The Morgan fingerprint density at radius 1 is 1.62 bits per heavy atom. The molecule has 1 rings (SSSR count). The third kappa shape index (κ3) is 2.90. The molecular formula is C8H6BrClO2S. The highest BCUT2D eigenvalue weighted by Gasteiger charge is 2.15. The summed E-state index contributed by atoms with van der Waals surface area (Å²) in [5.74, 6) is -0.372. The number of thiophene rings is 1. The van der Waals surface area contributed by atoms with E-state index in [2.05, 4.69) is 15.9 Å². The zero-order valence-electron chi connectivity index (χ0n) is 6.77. The summed E-state index contributed by atoms with van der Waals surface area (Å²) in [7, 11) is 0. The Morgan fingerprint density at radius 3 is 2.62 bits per heavy atom. The average molecular weight is 282 g/mol. The fraction of sp³-hybridized carbons (Fsp3) is 0.250. The standard InChI is InChI=1S/C8H6BrClO2S/c1-4(11)2-6(12)5-3-7(9)13-8(5)10/h3H,2H2,1H3. The molecule has 0 aliphatic rings. The van der Waals surface area contributed by atoms with E-state index in [1.54, 1.807) is 6.07 Å². The van der Waals surface area contributed by atoms with Gasteiger partial charge in [-0.2, -0.15) is 0 Å². The first kappa shape index (κ1) is 10.9. The van der Waals surface area contributed by atoms with Crippen molar-refractivity contribution < 1.29 is 9.59 Å². The summed E-state index contributed by atoms with van der Waals surface area (Å²) in [5, 5.41) is 0. The number of halogens is 2. The van der Waals surface area contributed by atoms with Crippen LogP contribution in [0.2, 0.25) is 4.34 Å². The van der Waals surface area contributed by atoms with Crippen LogP contribution in [0.1, 0.15) is 23.7 Å². The molecule has 0 saturated carbocycles. The normalized spacial score (nSPS) is 10.1. The smallest absolute Gasteiger partial charge is 0.172 e. The molecule has 13 heavy (non-hydrogen) atoms. The summed E-state index contributed by atoms with van der Waals surface area (Å²) in [5.41, 5.74) is 0.425. The zero-order valence-corrected chi connectivity index (χ0v) is 9.92. The predicted molar refractivity (Wildman–Crippen MR) is 56.7 cm³/mol. The van der Waals surface area contributed by atoms with Crippen LogP contribution in [-0.2, 0) is 4.79 Å². The molecule has 0 fully saturated rings. The molecule has 2 nitrogen and oxygen atoms in total. The molecule has 0 saturated heterocycles. The van der Waals surface area contributed by atoms with Gasteiger partial charge in [-0.05, 0) is 28.9 Å². The SMILES string of the molecule is CC(=O)CC(=O)c1cc(Br)sc1Cl. The van der Waals surface area contributed by atoms with Crippen molar-refractivity contribution in [3.8, 4) is 0 Å². The molecule has 0 unspecified atom stereocenters. The van der Waals surface area contributed by atoms with Gasteiger partial charge in [0.15, 0.2) is 5.78 Å². The Morgan fingerprint density at radius 2 is 2.23 bits per heavy atom. The van der Waals surface area contributed by atoms with Gasteiger partial charge in [-0.15, -0.1) is 11.3 Å². The first-order valence-electron chi connectivity index (χ1n) is 3.48. The van der Waals surface area contributed by atoms with E-state index in [0.29, 0.717) is 9.90 Å². The van der Waals surface area contributed by atoms with Crippen LogP contribution in [0, 0.1) is 0 Å². The van der Waals surface area contributed by atoms with Gasteiger partial charge in [0.2, 0.25) is 0 Å². The summed E-state index contributed by atoms with van der Waals surface area (Å²) < 4.78 is 1.22. The quantitative estimate of drug-likeness (QED) is 0.629. The van der Waals surface area contributed by atoms with Gasteiger partial charge < -0.3 is 0 Å². The van der Waals surface area contributed by atoms with Crippen molar-refractivity contribution in [2.75, 3.05) is 0 Å². The summed E-state index contributed by atoms with van der Waals surface area (Å²) in [6.07, 6.45) is -0.0805. The van der Waals surface area contributed by atoms with Gasteiger partial charge in [-0.1, -0.05) is 11.6 Å². The number of ketones is 2. The van der Waals surface area contributed by atoms with Crippen molar-refractivity contribution in [1.29, 1.82) is 0 Å². The van der Waals surface area contributed by atoms with Crippen molar-refractivity contribution in [2.24, 2.45) is 0 Å². The molecule has 0 aliphatic heterocycles. The van der Waals surface area contributed by atoms with Crippen molar-refractivity contribution in [3.63, 3.8) is 0 Å². The Hall–Kier alpha value is -0.190. The van der Waals surface area contributed by atoms with Gasteiger partial charge in [0.05, 0.1) is 10.2 Å². The fourth-order valence-corrected chi connectivity index (χ4v) is 2.89. The lowest BCUT2D eigenvalue weighted by molar-refractivity contribution is -0.116. The first-order valence-corrected chi connectivity index (χ1v) is 5.47. The molecule has 0 bridgehead atoms. The van der Waals surface area contributed by atoms with E-state index in [1.165, 1.54) is 18.3 Å². The third-order valence-corrected chi connectivity index (χ3v) is 3.23. The molecule has 1 aromatic heterocycles. The maximum atomic E-state index is 11.4. The molecule has 70 valence electrons. The van der Waals surface area contributed by atoms with Crippen molar-refractivity contribution in [3.05, 3.63) is 19.8 Å². The van der Waals surface area contributed by atoms with Gasteiger partial charge in [-0.25, -0.2) is 0 Å². The van der Waals surface area contributed by atoms with Crippen LogP contribution in [-0.4, -0.2) is 11.6 Å². The first-order chi connectivity index (χ1) is 6.00. The molecule has 0 amide bonds. The Balaban J connectivity index is 2.88. The third-order valence-electron chi connectivity index (χ3n) is 1.37. The van der Waals surface area contributed by atoms with Crippen LogP contribution in [0.15, 0.2) is 9.85 Å². The van der Waals surface area contributed by atoms with Crippen LogP contribution in [0.4, 0.5) is 0 Å². The van der Waals surface area contributed by atoms with E-state index in [1.807, 2.05) is 0 Å². The average Bonchev–Trinajstić information content (AvgIpc) is 2.28. The predicted octanol–water partition coefficient (Wildman–Crippen LogP) is 3.33. The molecule has 0 aliphatic carbocycles. The Labute approximate surface area is 93.0 Å². The van der Waals surface area contributed by atoms with E-state index in [0.717, 1.165) is 3.79 Å². The van der Waals surface area contributed by atoms with Crippen LogP contribution < -0.4 is 0 Å². The van der Waals surface area contributed by atoms with E-state index in [4.69, 9.17) is 11.6 Å². The molecule has 0 N–H and O–H groups in total. The van der Waals surface area contributed by atoms with Crippen molar-refractivity contribution in [1.82, 2.24) is 0 Å². The Kier molecular flexibility index (Phi) is 3.64. The minimum absolute atomic E-state index is 0.0805. The lowest BCUT2D eigenvalue weighted by atomic mass is 10.1. The second kappa shape index (κ2) is 4.35. The van der Waals surface area contributed by atoms with Crippen molar-refractivity contribution >= 4 is 50.4 Å². The van der Waals surface area contributed by atoms with Crippen LogP contribution >= 0.6 is 38.9 Å². The van der Waals surface area contributed by atoms with E-state index < -0.39 is 0 Å². The highest BCUT2D eigenvalue weighted by atomic mass is 79.9. The zero-order chi connectivity index (χ0) is 10.0. The number of hydrogen-bond donors (Lipinski definition) is 0. The molecule has 0 atom stereocenters. The van der Waals surface area contributed by atoms with Crippen molar-refractivity contribution in [2.45, 2.75) is 13.3 Å². The van der Waals surface area contributed by atoms with Crippen LogP contribution in [0.25, 0.3) is 0 Å². The molecule has 1 aromatic rings. The molecule has 5 heteroatoms. The molecular weight excluding hydrogens is 276 g/mol. The maximum Gasteiger partial charge on any atom is 0.172 e. The molecule has 1 heterocycles. The van der Waals surface area contributed by atoms with E-state index >= 15 is 0 Å². The molecule has 0 aromatic carbocycles. The maximum absolute atomic E-state index is 11.4. The molecule has 0 radical (unpaired) electrons. The minimum Gasteiger partial charge on any atom is -0.300 e. The van der Waals surface area contributed by atoms with Gasteiger partial charge in [0.1, 0.15) is 10.1 Å². The number of rotatable bonds is 3. The topological polar surface area (TPSA) is 34.1 Å². The lowest BCUT2D eigenvalue weighted by Crippen LogP contribution is -2.03. The Bertz CT molecular complexity index is 359. The number of carbonyl (C=O) groups excluding carboxylic acids is 2. The fourth-order valence-electron chi connectivity index (χ4n) is 0.852. The molecule has 0 spiro atoms. The number of carbonyl (C=O) groups is 2. The van der Waals surface area contributed by atoms with E-state index in [-0.39, 0.29) is 18.0 Å². The number of hydrogen-bond acceptors (Lipinski definition) is 3.